The molecule has 0 saturated carbocycles. The first-order chi connectivity index (χ1) is 8.22. The summed E-state index contributed by atoms with van der Waals surface area (Å²) in [6, 6.07) is 8.58. The Bertz CT molecular complexity index is 408. The predicted octanol–water partition coefficient (Wildman–Crippen LogP) is 2.63. The van der Waals surface area contributed by atoms with Gasteiger partial charge in [-0.25, -0.2) is 0 Å². The SMILES string of the molecule is CCN(CC(=O)O)C1CCSc2ccccc21. The Morgan fingerprint density at radius 2 is 2.29 bits per heavy atom. The first kappa shape index (κ1) is 12.5. The van der Waals surface area contributed by atoms with Crippen LogP contribution in [0.25, 0.3) is 0 Å². The van der Waals surface area contributed by atoms with E-state index in [2.05, 4.69) is 12.1 Å². The molecule has 3 nitrogen and oxygen atoms in total. The number of likely N-dealkylation sites (N-methyl/N-ethyl adjacent to an activating group) is 1. The predicted molar refractivity (Wildman–Crippen MR) is 69.4 cm³/mol. The van der Waals surface area contributed by atoms with Crippen LogP contribution in [0.2, 0.25) is 0 Å². The van der Waals surface area contributed by atoms with Crippen molar-refractivity contribution in [2.75, 3.05) is 18.8 Å². The molecule has 1 unspecified atom stereocenters. The van der Waals surface area contributed by atoms with E-state index in [1.165, 1.54) is 10.5 Å². The van der Waals surface area contributed by atoms with E-state index in [0.717, 1.165) is 18.7 Å². The van der Waals surface area contributed by atoms with Crippen molar-refractivity contribution in [3.05, 3.63) is 29.8 Å². The number of thioether (sulfide) groups is 1. The Hall–Kier alpha value is -1.00. The van der Waals surface area contributed by atoms with Crippen molar-refractivity contribution < 1.29 is 9.90 Å². The van der Waals surface area contributed by atoms with E-state index >= 15 is 0 Å². The first-order valence-corrected chi connectivity index (χ1v) is 6.88. The second-order valence-corrected chi connectivity index (χ2v) is 5.28. The van der Waals surface area contributed by atoms with Gasteiger partial charge in [0.1, 0.15) is 0 Å². The van der Waals surface area contributed by atoms with E-state index in [9.17, 15) is 4.79 Å². The molecule has 1 heterocycles. The number of fused-ring (bicyclic) bond motifs is 1. The van der Waals surface area contributed by atoms with Crippen molar-refractivity contribution in [1.82, 2.24) is 4.90 Å². The second-order valence-electron chi connectivity index (χ2n) is 4.15. The minimum Gasteiger partial charge on any atom is -0.480 e. The Balaban J connectivity index is 2.24. The number of benzene rings is 1. The topological polar surface area (TPSA) is 40.5 Å². The van der Waals surface area contributed by atoms with Gasteiger partial charge < -0.3 is 5.11 Å². The van der Waals surface area contributed by atoms with Crippen molar-refractivity contribution in [1.29, 1.82) is 0 Å². The standard InChI is InChI=1S/C13H17NO2S/c1-2-14(9-13(15)16)11-7-8-17-12-6-4-3-5-10(11)12/h3-6,11H,2,7-9H2,1H3,(H,15,16). The van der Waals surface area contributed by atoms with E-state index in [1.54, 1.807) is 0 Å². The number of aliphatic carboxylic acids is 1. The molecule has 2 rings (SSSR count). The molecule has 4 heteroatoms. The fraction of sp³-hybridized carbons (Fsp3) is 0.462. The van der Waals surface area contributed by atoms with Gasteiger partial charge in [0.2, 0.25) is 0 Å². The van der Waals surface area contributed by atoms with Gasteiger partial charge in [-0.1, -0.05) is 25.1 Å². The normalized spacial score (nSPS) is 19.1. The third kappa shape index (κ3) is 2.82. The highest BCUT2D eigenvalue weighted by Gasteiger charge is 2.26. The molecule has 1 aromatic rings. The third-order valence-electron chi connectivity index (χ3n) is 3.11. The van der Waals surface area contributed by atoms with Gasteiger partial charge in [-0.2, -0.15) is 0 Å². The Labute approximate surface area is 106 Å². The van der Waals surface area contributed by atoms with Gasteiger partial charge in [-0.15, -0.1) is 11.8 Å². The zero-order valence-electron chi connectivity index (χ0n) is 9.93. The molecule has 1 aliphatic heterocycles. The monoisotopic (exact) mass is 251 g/mol. The molecule has 1 aromatic carbocycles. The lowest BCUT2D eigenvalue weighted by atomic mass is 10.0. The summed E-state index contributed by atoms with van der Waals surface area (Å²) in [4.78, 5) is 14.2. The zero-order chi connectivity index (χ0) is 12.3. The molecule has 0 spiro atoms. The second kappa shape index (κ2) is 5.56. The molecule has 0 amide bonds. The average molecular weight is 251 g/mol. The number of rotatable bonds is 4. The molecule has 0 saturated heterocycles. The van der Waals surface area contributed by atoms with E-state index in [-0.39, 0.29) is 12.6 Å². The van der Waals surface area contributed by atoms with Crippen molar-refractivity contribution in [3.8, 4) is 0 Å². The minimum absolute atomic E-state index is 0.125. The van der Waals surface area contributed by atoms with Crippen molar-refractivity contribution in [3.63, 3.8) is 0 Å². The average Bonchev–Trinajstić information content (AvgIpc) is 2.35. The summed E-state index contributed by atoms with van der Waals surface area (Å²) in [6.07, 6.45) is 1.03. The Kier molecular flexibility index (Phi) is 4.07. The fourth-order valence-electron chi connectivity index (χ4n) is 2.32. The maximum absolute atomic E-state index is 10.9. The van der Waals surface area contributed by atoms with Gasteiger partial charge in [0.05, 0.1) is 6.54 Å². The summed E-state index contributed by atoms with van der Waals surface area (Å²) >= 11 is 1.87. The molecule has 0 aromatic heterocycles. The van der Waals surface area contributed by atoms with Gasteiger partial charge in [0.15, 0.2) is 0 Å². The van der Waals surface area contributed by atoms with Crippen molar-refractivity contribution in [2.45, 2.75) is 24.3 Å². The van der Waals surface area contributed by atoms with Crippen LogP contribution < -0.4 is 0 Å². The van der Waals surface area contributed by atoms with E-state index in [4.69, 9.17) is 5.11 Å². The van der Waals surface area contributed by atoms with Gasteiger partial charge in [0.25, 0.3) is 0 Å². The lowest BCUT2D eigenvalue weighted by Crippen LogP contribution is -2.35. The minimum atomic E-state index is -0.748. The number of carboxylic acids is 1. The van der Waals surface area contributed by atoms with Crippen LogP contribution >= 0.6 is 11.8 Å². The van der Waals surface area contributed by atoms with E-state index in [0.29, 0.717) is 0 Å². The number of carbonyl (C=O) groups is 1. The van der Waals surface area contributed by atoms with Crippen LogP contribution in [0.1, 0.15) is 24.9 Å². The highest BCUT2D eigenvalue weighted by molar-refractivity contribution is 7.99. The summed E-state index contributed by atoms with van der Waals surface area (Å²) in [5.74, 6) is 0.320. The molecular formula is C13H17NO2S. The van der Waals surface area contributed by atoms with Crippen LogP contribution in [0.3, 0.4) is 0 Å². The number of hydrogen-bond donors (Lipinski definition) is 1. The van der Waals surface area contributed by atoms with Gasteiger partial charge in [-0.3, -0.25) is 9.69 Å². The summed E-state index contributed by atoms with van der Waals surface area (Å²) < 4.78 is 0. The van der Waals surface area contributed by atoms with Crippen LogP contribution in [0.15, 0.2) is 29.2 Å². The molecule has 17 heavy (non-hydrogen) atoms. The van der Waals surface area contributed by atoms with Crippen LogP contribution in [-0.2, 0) is 4.79 Å². The summed E-state index contributed by atoms with van der Waals surface area (Å²) in [6.45, 7) is 2.92. The quantitative estimate of drug-likeness (QED) is 0.893. The number of hydrogen-bond acceptors (Lipinski definition) is 3. The molecule has 1 aliphatic rings. The smallest absolute Gasteiger partial charge is 0.317 e. The molecule has 0 fully saturated rings. The lowest BCUT2D eigenvalue weighted by Gasteiger charge is -2.33. The summed E-state index contributed by atoms with van der Waals surface area (Å²) in [5.41, 5.74) is 1.28. The molecule has 0 radical (unpaired) electrons. The largest absolute Gasteiger partial charge is 0.480 e. The van der Waals surface area contributed by atoms with E-state index in [1.807, 2.05) is 35.7 Å². The molecule has 0 aliphatic carbocycles. The maximum atomic E-state index is 10.9. The molecular weight excluding hydrogens is 234 g/mol. The third-order valence-corrected chi connectivity index (χ3v) is 4.23. The fourth-order valence-corrected chi connectivity index (χ4v) is 3.43. The summed E-state index contributed by atoms with van der Waals surface area (Å²) in [7, 11) is 0. The highest BCUT2D eigenvalue weighted by atomic mass is 32.2. The van der Waals surface area contributed by atoms with Gasteiger partial charge in [-0.05, 0) is 30.3 Å². The number of carboxylic acid groups (broad SMARTS) is 1. The lowest BCUT2D eigenvalue weighted by molar-refractivity contribution is -0.138. The molecule has 92 valence electrons. The van der Waals surface area contributed by atoms with Gasteiger partial charge in [0, 0.05) is 10.9 Å². The van der Waals surface area contributed by atoms with Crippen molar-refractivity contribution in [2.24, 2.45) is 0 Å². The van der Waals surface area contributed by atoms with Crippen molar-refractivity contribution >= 4 is 17.7 Å². The van der Waals surface area contributed by atoms with Crippen LogP contribution in [0.4, 0.5) is 0 Å². The van der Waals surface area contributed by atoms with E-state index < -0.39 is 5.97 Å². The number of nitrogens with zero attached hydrogens (tertiary/aromatic N) is 1. The Morgan fingerprint density at radius 1 is 1.53 bits per heavy atom. The molecule has 1 atom stereocenters. The summed E-state index contributed by atoms with van der Waals surface area (Å²) in [5, 5.41) is 8.95. The zero-order valence-corrected chi connectivity index (χ0v) is 10.7. The van der Waals surface area contributed by atoms with Crippen LogP contribution in [0, 0.1) is 0 Å². The molecule has 1 N–H and O–H groups in total. The van der Waals surface area contributed by atoms with Gasteiger partial charge >= 0.3 is 5.97 Å². The molecule has 0 bridgehead atoms. The van der Waals surface area contributed by atoms with Crippen LogP contribution in [0.5, 0.6) is 0 Å². The Morgan fingerprint density at radius 3 is 3.00 bits per heavy atom. The van der Waals surface area contributed by atoms with Crippen LogP contribution in [-0.4, -0.2) is 34.8 Å². The highest BCUT2D eigenvalue weighted by Crippen LogP contribution is 2.38. The maximum Gasteiger partial charge on any atom is 0.317 e. The first-order valence-electron chi connectivity index (χ1n) is 5.90.